The van der Waals surface area contributed by atoms with Crippen LogP contribution in [0.2, 0.25) is 5.15 Å². The average Bonchev–Trinajstić information content (AvgIpc) is 2.36. The molecule has 0 bridgehead atoms. The van der Waals surface area contributed by atoms with Crippen LogP contribution in [0.5, 0.6) is 0 Å². The highest BCUT2D eigenvalue weighted by molar-refractivity contribution is 7.90. The third kappa shape index (κ3) is 3.86. The van der Waals surface area contributed by atoms with Crippen molar-refractivity contribution in [3.8, 4) is 0 Å². The highest BCUT2D eigenvalue weighted by Gasteiger charge is 2.29. The number of aromatic nitrogens is 1. The van der Waals surface area contributed by atoms with E-state index in [-0.39, 0.29) is 16.6 Å². The number of hydrogen-bond acceptors (Lipinski definition) is 3. The molecule has 2 rings (SSSR count). The van der Waals surface area contributed by atoms with Crippen LogP contribution in [-0.4, -0.2) is 14.3 Å². The molecule has 1 aromatic heterocycles. The van der Waals surface area contributed by atoms with Crippen LogP contribution in [0.25, 0.3) is 10.9 Å². The van der Waals surface area contributed by atoms with Gasteiger partial charge in [-0.25, -0.2) is 9.37 Å². The zero-order valence-corrected chi connectivity index (χ0v) is 14.0. The second-order valence-electron chi connectivity index (χ2n) is 5.93. The smallest absolute Gasteiger partial charge is 0.136 e. The molecule has 2 atom stereocenters. The van der Waals surface area contributed by atoms with E-state index < -0.39 is 11.4 Å². The third-order valence-electron chi connectivity index (χ3n) is 3.07. The van der Waals surface area contributed by atoms with Gasteiger partial charge in [-0.1, -0.05) is 11.6 Å². The molecular formula is C15H18ClFN2OS. The van der Waals surface area contributed by atoms with Gasteiger partial charge in [-0.15, -0.1) is 4.72 Å². The highest BCUT2D eigenvalue weighted by Crippen LogP contribution is 2.27. The van der Waals surface area contributed by atoms with Crippen molar-refractivity contribution >= 4 is 33.9 Å². The second-order valence-corrected chi connectivity index (χ2v) is 8.28. The molecule has 0 radical (unpaired) electrons. The summed E-state index contributed by atoms with van der Waals surface area (Å²) in [6.45, 7) is 7.56. The third-order valence-corrected chi connectivity index (χ3v) is 5.05. The molecule has 0 aliphatic rings. The number of benzene rings is 1. The zero-order valence-electron chi connectivity index (χ0n) is 12.4. The Morgan fingerprint density at radius 3 is 2.62 bits per heavy atom. The number of fused-ring (bicyclic) bond motifs is 1. The molecule has 0 saturated carbocycles. The zero-order chi connectivity index (χ0) is 15.8. The van der Waals surface area contributed by atoms with Crippen LogP contribution < -0.4 is 4.72 Å². The van der Waals surface area contributed by atoms with Crippen molar-refractivity contribution in [2.45, 2.75) is 38.5 Å². The van der Waals surface area contributed by atoms with Crippen LogP contribution >= 0.6 is 11.6 Å². The molecule has 1 aromatic carbocycles. The first-order valence-corrected chi connectivity index (χ1v) is 8.15. The standard InChI is InChI=1S/C15H18ClFN2OS/c1-9(19-21(20)15(2,3)4)12-7-10-5-6-11(17)8-13(10)18-14(12)16/h5-9,19H,1-4H3/t9-,21?/m0/s1. The van der Waals surface area contributed by atoms with E-state index in [9.17, 15) is 8.94 Å². The number of halogens is 2. The lowest BCUT2D eigenvalue weighted by molar-refractivity contribution is 0.531. The summed E-state index contributed by atoms with van der Waals surface area (Å²) in [4.78, 5) is 4.21. The minimum Gasteiger partial charge on any atom is -0.598 e. The summed E-state index contributed by atoms with van der Waals surface area (Å²) < 4.78 is 28.0. The lowest BCUT2D eigenvalue weighted by Gasteiger charge is -2.26. The minimum atomic E-state index is -1.21. The average molecular weight is 329 g/mol. The number of nitrogens with one attached hydrogen (secondary N) is 1. The molecule has 1 heterocycles. The van der Waals surface area contributed by atoms with E-state index in [1.54, 1.807) is 6.07 Å². The summed E-state index contributed by atoms with van der Waals surface area (Å²) in [5.74, 6) is -0.348. The van der Waals surface area contributed by atoms with Gasteiger partial charge in [0.05, 0.1) is 11.6 Å². The van der Waals surface area contributed by atoms with Crippen LogP contribution in [0.15, 0.2) is 24.3 Å². The predicted molar refractivity (Wildman–Crippen MR) is 86.2 cm³/mol. The maximum Gasteiger partial charge on any atom is 0.136 e. The van der Waals surface area contributed by atoms with Gasteiger partial charge in [0.2, 0.25) is 0 Å². The molecule has 0 spiro atoms. The van der Waals surface area contributed by atoms with Crippen molar-refractivity contribution in [3.05, 3.63) is 40.8 Å². The largest absolute Gasteiger partial charge is 0.598 e. The molecular weight excluding hydrogens is 311 g/mol. The van der Waals surface area contributed by atoms with Gasteiger partial charge in [0.1, 0.15) is 15.7 Å². The van der Waals surface area contributed by atoms with Gasteiger partial charge in [-0.2, -0.15) is 0 Å². The predicted octanol–water partition coefficient (Wildman–Crippen LogP) is 4.14. The highest BCUT2D eigenvalue weighted by atomic mass is 35.5. The van der Waals surface area contributed by atoms with Crippen LogP contribution in [0.1, 0.15) is 39.3 Å². The lowest BCUT2D eigenvalue weighted by atomic mass is 10.1. The van der Waals surface area contributed by atoms with Crippen LogP contribution in [-0.2, 0) is 11.4 Å². The van der Waals surface area contributed by atoms with Gasteiger partial charge in [0.15, 0.2) is 0 Å². The summed E-state index contributed by atoms with van der Waals surface area (Å²) >= 11 is 4.97. The molecule has 0 saturated heterocycles. The Kier molecular flexibility index (Phi) is 4.78. The number of rotatable bonds is 3. The van der Waals surface area contributed by atoms with Crippen molar-refractivity contribution in [3.63, 3.8) is 0 Å². The van der Waals surface area contributed by atoms with Gasteiger partial charge in [-0.05, 0) is 45.9 Å². The van der Waals surface area contributed by atoms with E-state index >= 15 is 0 Å². The van der Waals surface area contributed by atoms with E-state index in [2.05, 4.69) is 9.71 Å². The fourth-order valence-corrected chi connectivity index (χ4v) is 2.95. The summed E-state index contributed by atoms with van der Waals surface area (Å²) in [6, 6.07) is 6.01. The van der Waals surface area contributed by atoms with Gasteiger partial charge in [-0.3, -0.25) is 0 Å². The summed E-state index contributed by atoms with van der Waals surface area (Å²) in [5.41, 5.74) is 1.25. The van der Waals surface area contributed by atoms with Gasteiger partial charge >= 0.3 is 0 Å². The summed E-state index contributed by atoms with van der Waals surface area (Å²) in [6.07, 6.45) is 0. The molecule has 114 valence electrons. The molecule has 2 aromatic rings. The van der Waals surface area contributed by atoms with E-state index in [1.807, 2.05) is 33.8 Å². The Labute approximate surface area is 132 Å². The fourth-order valence-electron chi connectivity index (χ4n) is 1.84. The second kappa shape index (κ2) is 6.08. The Morgan fingerprint density at radius 2 is 2.00 bits per heavy atom. The van der Waals surface area contributed by atoms with E-state index in [4.69, 9.17) is 11.6 Å². The first-order valence-electron chi connectivity index (χ1n) is 6.62. The SMILES string of the molecule is C[C@H](N[S+]([O-])C(C)(C)C)c1cc2ccc(F)cc2nc1Cl. The number of nitrogens with zero attached hydrogens (tertiary/aromatic N) is 1. The Balaban J connectivity index is 2.33. The molecule has 3 nitrogen and oxygen atoms in total. The first-order chi connectivity index (χ1) is 9.68. The molecule has 1 unspecified atom stereocenters. The fraction of sp³-hybridized carbons (Fsp3) is 0.400. The topological polar surface area (TPSA) is 48.0 Å². The van der Waals surface area contributed by atoms with E-state index in [1.165, 1.54) is 12.1 Å². The quantitative estimate of drug-likeness (QED) is 0.680. The van der Waals surface area contributed by atoms with Crippen molar-refractivity contribution in [1.82, 2.24) is 9.71 Å². The summed E-state index contributed by atoms with van der Waals surface area (Å²) in [7, 11) is 0. The van der Waals surface area contributed by atoms with Crippen LogP contribution in [0, 0.1) is 5.82 Å². The molecule has 0 aliphatic heterocycles. The molecule has 21 heavy (non-hydrogen) atoms. The van der Waals surface area contributed by atoms with Gasteiger partial charge in [0.25, 0.3) is 0 Å². The van der Waals surface area contributed by atoms with E-state index in [0.717, 1.165) is 10.9 Å². The van der Waals surface area contributed by atoms with Crippen molar-refractivity contribution in [2.75, 3.05) is 0 Å². The minimum absolute atomic E-state index is 0.223. The molecule has 0 aliphatic carbocycles. The molecule has 0 fully saturated rings. The molecule has 6 heteroatoms. The van der Waals surface area contributed by atoms with Gasteiger partial charge < -0.3 is 4.55 Å². The van der Waals surface area contributed by atoms with Crippen molar-refractivity contribution in [2.24, 2.45) is 0 Å². The number of pyridine rings is 1. The normalized spacial score (nSPS) is 15.2. The Morgan fingerprint density at radius 1 is 1.33 bits per heavy atom. The maximum absolute atomic E-state index is 13.2. The Bertz CT molecular complexity index is 660. The van der Waals surface area contributed by atoms with Crippen molar-refractivity contribution in [1.29, 1.82) is 0 Å². The van der Waals surface area contributed by atoms with Crippen LogP contribution in [0.4, 0.5) is 4.39 Å². The molecule has 1 N–H and O–H groups in total. The lowest BCUT2D eigenvalue weighted by Crippen LogP contribution is -2.40. The van der Waals surface area contributed by atoms with E-state index in [0.29, 0.717) is 10.7 Å². The Hall–Kier alpha value is -0.880. The van der Waals surface area contributed by atoms with Crippen molar-refractivity contribution < 1.29 is 8.94 Å². The monoisotopic (exact) mass is 328 g/mol. The maximum atomic E-state index is 13.2. The molecule has 0 amide bonds. The number of hydrogen-bond donors (Lipinski definition) is 1. The van der Waals surface area contributed by atoms with Crippen LogP contribution in [0.3, 0.4) is 0 Å². The first kappa shape index (κ1) is 16.5. The van der Waals surface area contributed by atoms with Gasteiger partial charge in [0, 0.05) is 28.4 Å². The summed E-state index contributed by atoms with van der Waals surface area (Å²) in [5, 5.41) is 1.09.